The Morgan fingerprint density at radius 3 is 2.32 bits per heavy atom. The van der Waals surface area contributed by atoms with E-state index in [1.54, 1.807) is 19.2 Å². The van der Waals surface area contributed by atoms with E-state index in [1.165, 1.54) is 24.5 Å². The standard InChI is InChI=1S/C17H14FNO2S/c1-20-13-6-3-11(4-7-13)17-19-15(10-22-17)12-5-8-16(21-2)14(18)9-12/h3-10H,1-2H3. The van der Waals surface area contributed by atoms with Gasteiger partial charge in [-0.2, -0.15) is 0 Å². The Morgan fingerprint density at radius 1 is 0.955 bits per heavy atom. The molecule has 0 bridgehead atoms. The van der Waals surface area contributed by atoms with Gasteiger partial charge in [0, 0.05) is 16.5 Å². The Kier molecular flexibility index (Phi) is 4.06. The number of methoxy groups -OCH3 is 2. The minimum atomic E-state index is -0.390. The zero-order chi connectivity index (χ0) is 15.5. The number of nitrogens with zero attached hydrogens (tertiary/aromatic N) is 1. The first-order chi connectivity index (χ1) is 10.7. The Hall–Kier alpha value is -2.40. The van der Waals surface area contributed by atoms with Crippen LogP contribution in [0, 0.1) is 5.82 Å². The van der Waals surface area contributed by atoms with Crippen LogP contribution < -0.4 is 9.47 Å². The average molecular weight is 315 g/mol. The third-order valence-corrected chi connectivity index (χ3v) is 4.18. The predicted octanol–water partition coefficient (Wildman–Crippen LogP) is 4.63. The van der Waals surface area contributed by atoms with Crippen LogP contribution in [-0.2, 0) is 0 Å². The molecular weight excluding hydrogens is 301 g/mol. The molecule has 0 amide bonds. The first kappa shape index (κ1) is 14.5. The summed E-state index contributed by atoms with van der Waals surface area (Å²) in [5, 5.41) is 2.80. The van der Waals surface area contributed by atoms with Crippen molar-refractivity contribution < 1.29 is 13.9 Å². The lowest BCUT2D eigenvalue weighted by Gasteiger charge is -2.03. The monoisotopic (exact) mass is 315 g/mol. The van der Waals surface area contributed by atoms with Crippen LogP contribution in [0.25, 0.3) is 21.8 Å². The summed E-state index contributed by atoms with van der Waals surface area (Å²) in [7, 11) is 3.08. The van der Waals surface area contributed by atoms with E-state index < -0.39 is 0 Å². The lowest BCUT2D eigenvalue weighted by molar-refractivity contribution is 0.386. The minimum Gasteiger partial charge on any atom is -0.497 e. The second-order valence-electron chi connectivity index (χ2n) is 4.62. The second-order valence-corrected chi connectivity index (χ2v) is 5.47. The van der Waals surface area contributed by atoms with Crippen molar-refractivity contribution in [1.29, 1.82) is 0 Å². The Balaban J connectivity index is 1.91. The summed E-state index contributed by atoms with van der Waals surface area (Å²) in [5.74, 6) is 0.645. The molecule has 0 spiro atoms. The molecule has 0 saturated heterocycles. The van der Waals surface area contributed by atoms with Crippen LogP contribution in [-0.4, -0.2) is 19.2 Å². The first-order valence-corrected chi connectivity index (χ1v) is 7.53. The maximum Gasteiger partial charge on any atom is 0.165 e. The van der Waals surface area contributed by atoms with E-state index >= 15 is 0 Å². The van der Waals surface area contributed by atoms with Crippen molar-refractivity contribution in [2.24, 2.45) is 0 Å². The molecule has 0 N–H and O–H groups in total. The summed E-state index contributed by atoms with van der Waals surface area (Å²) in [4.78, 5) is 4.57. The topological polar surface area (TPSA) is 31.4 Å². The largest absolute Gasteiger partial charge is 0.497 e. The maximum atomic E-state index is 13.8. The van der Waals surface area contributed by atoms with E-state index in [9.17, 15) is 4.39 Å². The van der Waals surface area contributed by atoms with E-state index in [-0.39, 0.29) is 11.6 Å². The SMILES string of the molecule is COc1ccc(-c2nc(-c3ccc(OC)c(F)c3)cs2)cc1. The van der Waals surface area contributed by atoms with Crippen LogP contribution in [0.5, 0.6) is 11.5 Å². The molecule has 3 nitrogen and oxygen atoms in total. The minimum absolute atomic E-state index is 0.231. The molecule has 0 radical (unpaired) electrons. The van der Waals surface area contributed by atoms with Gasteiger partial charge in [0.1, 0.15) is 10.8 Å². The number of ether oxygens (including phenoxy) is 2. The van der Waals surface area contributed by atoms with E-state index in [0.717, 1.165) is 27.6 Å². The van der Waals surface area contributed by atoms with Crippen molar-refractivity contribution in [3.8, 4) is 33.3 Å². The molecule has 1 heterocycles. The molecule has 0 aliphatic carbocycles. The molecule has 1 aromatic heterocycles. The van der Waals surface area contributed by atoms with Crippen molar-refractivity contribution in [1.82, 2.24) is 4.98 Å². The molecular formula is C17H14FNO2S. The zero-order valence-corrected chi connectivity index (χ0v) is 13.0. The van der Waals surface area contributed by atoms with Gasteiger partial charge in [-0.05, 0) is 42.5 Å². The van der Waals surface area contributed by atoms with Crippen molar-refractivity contribution in [2.75, 3.05) is 14.2 Å². The summed E-state index contributed by atoms with van der Waals surface area (Å²) < 4.78 is 23.9. The molecule has 3 aromatic rings. The smallest absolute Gasteiger partial charge is 0.165 e. The highest BCUT2D eigenvalue weighted by molar-refractivity contribution is 7.13. The molecule has 0 saturated carbocycles. The molecule has 22 heavy (non-hydrogen) atoms. The molecule has 0 fully saturated rings. The summed E-state index contributed by atoms with van der Waals surface area (Å²) >= 11 is 1.52. The van der Waals surface area contributed by atoms with Crippen molar-refractivity contribution >= 4 is 11.3 Å². The predicted molar refractivity (Wildman–Crippen MR) is 86.0 cm³/mol. The fourth-order valence-corrected chi connectivity index (χ4v) is 2.93. The lowest BCUT2D eigenvalue weighted by Crippen LogP contribution is -1.88. The maximum absolute atomic E-state index is 13.8. The summed E-state index contributed by atoms with van der Waals surface area (Å²) in [6.07, 6.45) is 0. The molecule has 2 aromatic carbocycles. The molecule has 3 rings (SSSR count). The van der Waals surface area contributed by atoms with Gasteiger partial charge in [-0.25, -0.2) is 9.37 Å². The van der Waals surface area contributed by atoms with Gasteiger partial charge in [0.2, 0.25) is 0 Å². The number of rotatable bonds is 4. The van der Waals surface area contributed by atoms with Gasteiger partial charge in [0.25, 0.3) is 0 Å². The Bertz CT molecular complexity index is 784. The lowest BCUT2D eigenvalue weighted by atomic mass is 10.1. The normalized spacial score (nSPS) is 10.5. The van der Waals surface area contributed by atoms with Gasteiger partial charge < -0.3 is 9.47 Å². The highest BCUT2D eigenvalue weighted by Crippen LogP contribution is 2.31. The Morgan fingerprint density at radius 2 is 1.68 bits per heavy atom. The average Bonchev–Trinajstić information content (AvgIpc) is 3.05. The molecule has 112 valence electrons. The van der Waals surface area contributed by atoms with Crippen LogP contribution in [0.15, 0.2) is 47.8 Å². The molecule has 0 unspecified atom stereocenters. The number of aromatic nitrogens is 1. The van der Waals surface area contributed by atoms with Crippen LogP contribution in [0.3, 0.4) is 0 Å². The fraction of sp³-hybridized carbons (Fsp3) is 0.118. The van der Waals surface area contributed by atoms with E-state index in [0.29, 0.717) is 0 Å². The summed E-state index contributed by atoms with van der Waals surface area (Å²) in [6.45, 7) is 0. The van der Waals surface area contributed by atoms with Crippen LogP contribution in [0.4, 0.5) is 4.39 Å². The highest BCUT2D eigenvalue weighted by Gasteiger charge is 2.10. The van der Waals surface area contributed by atoms with Gasteiger partial charge in [0.15, 0.2) is 11.6 Å². The van der Waals surface area contributed by atoms with Gasteiger partial charge in [-0.1, -0.05) is 0 Å². The van der Waals surface area contributed by atoms with Crippen molar-refractivity contribution in [2.45, 2.75) is 0 Å². The fourth-order valence-electron chi connectivity index (χ4n) is 2.10. The molecule has 5 heteroatoms. The van der Waals surface area contributed by atoms with Crippen LogP contribution >= 0.6 is 11.3 Å². The van der Waals surface area contributed by atoms with Crippen molar-refractivity contribution in [3.05, 3.63) is 53.7 Å². The van der Waals surface area contributed by atoms with Gasteiger partial charge in [0.05, 0.1) is 19.9 Å². The molecule has 0 aliphatic heterocycles. The third kappa shape index (κ3) is 2.80. The number of hydrogen-bond acceptors (Lipinski definition) is 4. The summed E-state index contributed by atoms with van der Waals surface area (Å²) in [5.41, 5.74) is 2.48. The van der Waals surface area contributed by atoms with Gasteiger partial charge in [-0.3, -0.25) is 0 Å². The van der Waals surface area contributed by atoms with E-state index in [1.807, 2.05) is 29.6 Å². The molecule has 0 aliphatic rings. The number of thiazole rings is 1. The third-order valence-electron chi connectivity index (χ3n) is 3.29. The van der Waals surface area contributed by atoms with Gasteiger partial charge in [-0.15, -0.1) is 11.3 Å². The quantitative estimate of drug-likeness (QED) is 0.703. The molecule has 0 atom stereocenters. The Labute approximate surface area is 132 Å². The zero-order valence-electron chi connectivity index (χ0n) is 12.2. The highest BCUT2D eigenvalue weighted by atomic mass is 32.1. The van der Waals surface area contributed by atoms with Crippen LogP contribution in [0.2, 0.25) is 0 Å². The number of halogens is 1. The summed E-state index contributed by atoms with van der Waals surface area (Å²) in [6, 6.07) is 12.5. The number of benzene rings is 2. The number of hydrogen-bond donors (Lipinski definition) is 0. The first-order valence-electron chi connectivity index (χ1n) is 6.65. The van der Waals surface area contributed by atoms with E-state index in [2.05, 4.69) is 4.98 Å². The van der Waals surface area contributed by atoms with Gasteiger partial charge >= 0.3 is 0 Å². The van der Waals surface area contributed by atoms with E-state index in [4.69, 9.17) is 9.47 Å². The second kappa shape index (κ2) is 6.15. The van der Waals surface area contributed by atoms with Crippen LogP contribution in [0.1, 0.15) is 0 Å². The van der Waals surface area contributed by atoms with Crippen molar-refractivity contribution in [3.63, 3.8) is 0 Å².